The summed E-state index contributed by atoms with van der Waals surface area (Å²) in [6, 6.07) is 7.92. The number of nitrogens with zero attached hydrogens (tertiary/aromatic N) is 1. The van der Waals surface area contributed by atoms with E-state index < -0.39 is 11.7 Å². The lowest BCUT2D eigenvalue weighted by Crippen LogP contribution is -2.27. The number of hydrogen-bond donors (Lipinski definition) is 0. The van der Waals surface area contributed by atoms with Gasteiger partial charge in [0.2, 0.25) is 0 Å². The van der Waals surface area contributed by atoms with Crippen LogP contribution in [0.5, 0.6) is 5.75 Å². The van der Waals surface area contributed by atoms with E-state index in [0.29, 0.717) is 27.3 Å². The van der Waals surface area contributed by atoms with Crippen molar-refractivity contribution >= 4 is 40.3 Å². The summed E-state index contributed by atoms with van der Waals surface area (Å²) in [7, 11) is 0. The summed E-state index contributed by atoms with van der Waals surface area (Å²) in [6.07, 6.45) is -2.84. The normalized spacial score (nSPS) is 16.4. The number of furan rings is 1. The molecule has 3 rings (SSSR count). The smallest absolute Gasteiger partial charge is 0.416 e. The molecule has 4 nitrogen and oxygen atoms in total. The molecular weight excluding hydrogens is 399 g/mol. The predicted molar refractivity (Wildman–Crippen MR) is 100 cm³/mol. The monoisotopic (exact) mass is 413 g/mol. The number of thioether (sulfide) groups is 1. The molecule has 1 fully saturated rings. The van der Waals surface area contributed by atoms with Crippen molar-refractivity contribution in [1.29, 1.82) is 0 Å². The van der Waals surface area contributed by atoms with Gasteiger partial charge in [0.15, 0.2) is 0 Å². The molecule has 1 aromatic carbocycles. The van der Waals surface area contributed by atoms with Crippen molar-refractivity contribution in [3.05, 3.63) is 58.4 Å². The van der Waals surface area contributed by atoms with Crippen LogP contribution in [0.25, 0.3) is 6.08 Å². The van der Waals surface area contributed by atoms with E-state index >= 15 is 0 Å². The Hall–Kier alpha value is -2.26. The van der Waals surface area contributed by atoms with Gasteiger partial charge in [-0.05, 0) is 37.3 Å². The predicted octanol–water partition coefficient (Wildman–Crippen LogP) is 5.10. The summed E-state index contributed by atoms with van der Waals surface area (Å²) in [5, 5.41) is 0. The van der Waals surface area contributed by atoms with Crippen LogP contribution in [0, 0.1) is 0 Å². The summed E-state index contributed by atoms with van der Waals surface area (Å²) >= 11 is 6.34. The minimum atomic E-state index is -4.43. The van der Waals surface area contributed by atoms with E-state index in [1.54, 1.807) is 18.2 Å². The average molecular weight is 413 g/mol. The number of thiocarbonyl (C=S) groups is 1. The number of hydrogen-bond acceptors (Lipinski definition) is 5. The summed E-state index contributed by atoms with van der Waals surface area (Å²) < 4.78 is 49.6. The molecule has 0 spiro atoms. The Labute approximate surface area is 163 Å². The lowest BCUT2D eigenvalue weighted by atomic mass is 10.2. The van der Waals surface area contributed by atoms with Gasteiger partial charge >= 0.3 is 6.18 Å². The minimum Gasteiger partial charge on any atom is -0.486 e. The van der Waals surface area contributed by atoms with Crippen LogP contribution < -0.4 is 4.74 Å². The van der Waals surface area contributed by atoms with Crippen molar-refractivity contribution < 1.29 is 27.1 Å². The van der Waals surface area contributed by atoms with Crippen molar-refractivity contribution in [1.82, 2.24) is 4.90 Å². The number of benzene rings is 1. The van der Waals surface area contributed by atoms with E-state index in [-0.39, 0.29) is 18.3 Å². The number of amides is 1. The fraction of sp³-hybridized carbons (Fsp3) is 0.222. The highest BCUT2D eigenvalue weighted by Crippen LogP contribution is 2.33. The van der Waals surface area contributed by atoms with E-state index in [1.165, 1.54) is 28.8 Å². The highest BCUT2D eigenvalue weighted by Gasteiger charge is 2.31. The first-order valence-electron chi connectivity index (χ1n) is 7.92. The molecule has 1 aliphatic heterocycles. The van der Waals surface area contributed by atoms with Crippen molar-refractivity contribution in [2.24, 2.45) is 0 Å². The number of likely N-dealkylation sites (N-methyl/N-ethyl adjacent to an activating group) is 1. The molecule has 0 aliphatic carbocycles. The maximum absolute atomic E-state index is 12.7. The van der Waals surface area contributed by atoms with Gasteiger partial charge in [-0.15, -0.1) is 0 Å². The van der Waals surface area contributed by atoms with E-state index in [0.717, 1.165) is 12.1 Å². The molecule has 0 radical (unpaired) electrons. The molecule has 0 N–H and O–H groups in total. The van der Waals surface area contributed by atoms with Crippen LogP contribution in [0.1, 0.15) is 24.0 Å². The van der Waals surface area contributed by atoms with Crippen molar-refractivity contribution in [3.8, 4) is 5.75 Å². The van der Waals surface area contributed by atoms with Gasteiger partial charge in [-0.25, -0.2) is 0 Å². The van der Waals surface area contributed by atoms with Gasteiger partial charge in [-0.3, -0.25) is 9.69 Å². The van der Waals surface area contributed by atoms with Gasteiger partial charge < -0.3 is 9.15 Å². The molecule has 1 saturated heterocycles. The zero-order chi connectivity index (χ0) is 19.6. The Bertz CT molecular complexity index is 905. The lowest BCUT2D eigenvalue weighted by Gasteiger charge is -2.09. The maximum Gasteiger partial charge on any atom is 0.416 e. The van der Waals surface area contributed by atoms with Crippen molar-refractivity contribution in [2.45, 2.75) is 19.7 Å². The third-order valence-electron chi connectivity index (χ3n) is 3.69. The number of halogens is 3. The Morgan fingerprint density at radius 1 is 1.30 bits per heavy atom. The molecule has 9 heteroatoms. The molecule has 0 saturated carbocycles. The Kier molecular flexibility index (Phi) is 5.61. The zero-order valence-electron chi connectivity index (χ0n) is 14.1. The summed E-state index contributed by atoms with van der Waals surface area (Å²) in [4.78, 5) is 14.1. The van der Waals surface area contributed by atoms with Crippen molar-refractivity contribution in [3.63, 3.8) is 0 Å². The average Bonchev–Trinajstić information content (AvgIpc) is 3.17. The largest absolute Gasteiger partial charge is 0.486 e. The Morgan fingerprint density at radius 2 is 2.07 bits per heavy atom. The number of carbonyl (C=O) groups excluding carboxylic acids is 1. The fourth-order valence-corrected chi connectivity index (χ4v) is 3.73. The first-order chi connectivity index (χ1) is 12.8. The highest BCUT2D eigenvalue weighted by molar-refractivity contribution is 8.26. The molecular formula is C18H14F3NO3S2. The molecule has 27 heavy (non-hydrogen) atoms. The SMILES string of the molecule is CCN1C(=O)/C(=C/c2ccc(COc3cccc(C(F)(F)F)c3)o2)SC1=S. The minimum absolute atomic E-state index is 0.0366. The van der Waals surface area contributed by atoms with Crippen LogP contribution in [-0.2, 0) is 17.6 Å². The van der Waals surface area contributed by atoms with E-state index in [4.69, 9.17) is 21.4 Å². The molecule has 1 amide bonds. The van der Waals surface area contributed by atoms with Crippen LogP contribution in [0.15, 0.2) is 45.7 Å². The molecule has 0 unspecified atom stereocenters. The standard InChI is InChI=1S/C18H14F3NO3S2/c1-2-22-16(23)15(27-17(22)26)9-13-6-7-14(25-13)10-24-12-5-3-4-11(8-12)18(19,20)21/h3-9H,2,10H2,1H3/b15-9-. The van der Waals surface area contributed by atoms with Gasteiger partial charge in [0, 0.05) is 12.6 Å². The van der Waals surface area contributed by atoms with Crippen LogP contribution >= 0.6 is 24.0 Å². The summed E-state index contributed by atoms with van der Waals surface area (Å²) in [6.45, 7) is 2.30. The van der Waals surface area contributed by atoms with Gasteiger partial charge in [0.05, 0.1) is 10.5 Å². The topological polar surface area (TPSA) is 42.7 Å². The lowest BCUT2D eigenvalue weighted by molar-refractivity contribution is -0.137. The molecule has 2 heterocycles. The quantitative estimate of drug-likeness (QED) is 0.504. The molecule has 1 aromatic heterocycles. The third kappa shape index (κ3) is 4.54. The molecule has 0 atom stereocenters. The van der Waals surface area contributed by atoms with E-state index in [2.05, 4.69) is 0 Å². The van der Waals surface area contributed by atoms with Crippen LogP contribution in [0.2, 0.25) is 0 Å². The summed E-state index contributed by atoms with van der Waals surface area (Å²) in [5.41, 5.74) is -0.780. The number of ether oxygens (including phenoxy) is 1. The third-order valence-corrected chi connectivity index (χ3v) is 5.07. The molecule has 0 bridgehead atoms. The summed E-state index contributed by atoms with van der Waals surface area (Å²) in [5.74, 6) is 0.774. The van der Waals surface area contributed by atoms with Crippen LogP contribution in [0.4, 0.5) is 13.2 Å². The van der Waals surface area contributed by atoms with E-state index in [9.17, 15) is 18.0 Å². The highest BCUT2D eigenvalue weighted by atomic mass is 32.2. The maximum atomic E-state index is 12.7. The van der Waals surface area contributed by atoms with Gasteiger partial charge in [-0.2, -0.15) is 13.2 Å². The van der Waals surface area contributed by atoms with Crippen molar-refractivity contribution in [2.75, 3.05) is 6.54 Å². The number of rotatable bonds is 5. The first-order valence-corrected chi connectivity index (χ1v) is 9.14. The number of alkyl halides is 3. The molecule has 142 valence electrons. The molecule has 1 aliphatic rings. The van der Waals surface area contributed by atoms with Gasteiger partial charge in [-0.1, -0.05) is 30.0 Å². The van der Waals surface area contributed by atoms with Gasteiger partial charge in [0.25, 0.3) is 5.91 Å². The van der Waals surface area contributed by atoms with Gasteiger partial charge in [0.1, 0.15) is 28.2 Å². The fourth-order valence-electron chi connectivity index (χ4n) is 2.37. The second-order valence-electron chi connectivity index (χ2n) is 5.54. The number of carbonyl (C=O) groups is 1. The Balaban J connectivity index is 1.66. The van der Waals surface area contributed by atoms with E-state index in [1.807, 2.05) is 6.92 Å². The Morgan fingerprint density at radius 3 is 2.74 bits per heavy atom. The second kappa shape index (κ2) is 7.77. The van der Waals surface area contributed by atoms with Crippen LogP contribution in [0.3, 0.4) is 0 Å². The first kappa shape index (κ1) is 19.5. The molecule has 2 aromatic rings. The van der Waals surface area contributed by atoms with Crippen LogP contribution in [-0.4, -0.2) is 21.7 Å². The zero-order valence-corrected chi connectivity index (χ0v) is 15.7. The second-order valence-corrected chi connectivity index (χ2v) is 7.22.